The molecule has 2 aromatic carbocycles. The molecule has 6 nitrogen and oxygen atoms in total. The van der Waals surface area contributed by atoms with E-state index in [9.17, 15) is 9.18 Å². The van der Waals surface area contributed by atoms with Crippen LogP contribution in [0.15, 0.2) is 53.7 Å². The number of hydrogen-bond acceptors (Lipinski definition) is 6. The van der Waals surface area contributed by atoms with E-state index in [2.05, 4.69) is 29.0 Å². The highest BCUT2D eigenvalue weighted by Gasteiger charge is 2.20. The van der Waals surface area contributed by atoms with Crippen molar-refractivity contribution in [1.29, 1.82) is 0 Å². The van der Waals surface area contributed by atoms with Crippen LogP contribution >= 0.6 is 11.8 Å². The molecule has 1 amide bonds. The van der Waals surface area contributed by atoms with Crippen molar-refractivity contribution < 1.29 is 9.18 Å². The summed E-state index contributed by atoms with van der Waals surface area (Å²) >= 11 is 1.57. The Morgan fingerprint density at radius 3 is 2.50 bits per heavy atom. The van der Waals surface area contributed by atoms with Gasteiger partial charge in [-0.05, 0) is 62.4 Å². The van der Waals surface area contributed by atoms with Gasteiger partial charge >= 0.3 is 0 Å². The molecule has 34 heavy (non-hydrogen) atoms. The number of amides is 1. The molecule has 0 spiro atoms. The molecular formula is C26H30FN5OS. The lowest BCUT2D eigenvalue weighted by atomic mass is 10.1. The number of halogens is 1. The first-order chi connectivity index (χ1) is 16.4. The van der Waals surface area contributed by atoms with Gasteiger partial charge in [-0.25, -0.2) is 14.4 Å². The van der Waals surface area contributed by atoms with Crippen molar-refractivity contribution >= 4 is 29.2 Å². The predicted molar refractivity (Wildman–Crippen MR) is 136 cm³/mol. The average molecular weight is 480 g/mol. The number of rotatable bonds is 7. The first-order valence-corrected chi connectivity index (χ1v) is 12.5. The Labute approximate surface area is 204 Å². The molecule has 8 heteroatoms. The molecule has 0 unspecified atom stereocenters. The Balaban J connectivity index is 1.43. The van der Waals surface area contributed by atoms with Crippen molar-refractivity contribution in [2.75, 3.05) is 42.9 Å². The monoisotopic (exact) mass is 479 g/mol. The standard InChI is InChI=1S/C26H30FN5OS/c1-4-31-12-14-32(15-13-31)24-18(2)19(3)28-26(30-24)34-17-20-6-5-7-21(16-20)25(33)29-23-10-8-22(27)9-11-23/h5-11,16H,4,12-15,17H2,1-3H3,(H,29,33). The van der Waals surface area contributed by atoms with Crippen molar-refractivity contribution in [3.8, 4) is 0 Å². The zero-order valence-electron chi connectivity index (χ0n) is 19.8. The van der Waals surface area contributed by atoms with Crippen LogP contribution in [0.4, 0.5) is 15.9 Å². The fourth-order valence-corrected chi connectivity index (χ4v) is 4.75. The third-order valence-electron chi connectivity index (χ3n) is 6.12. The Morgan fingerprint density at radius 1 is 1.06 bits per heavy atom. The Hall–Kier alpha value is -2.97. The van der Waals surface area contributed by atoms with Crippen LogP contribution in [0.2, 0.25) is 0 Å². The highest BCUT2D eigenvalue weighted by atomic mass is 32.2. The second kappa shape index (κ2) is 11.0. The molecule has 1 aliphatic heterocycles. The minimum absolute atomic E-state index is 0.227. The molecule has 4 rings (SSSR count). The molecule has 2 heterocycles. The topological polar surface area (TPSA) is 61.4 Å². The van der Waals surface area contributed by atoms with Crippen LogP contribution in [-0.4, -0.2) is 53.5 Å². The number of nitrogens with one attached hydrogen (secondary N) is 1. The zero-order chi connectivity index (χ0) is 24.1. The van der Waals surface area contributed by atoms with Crippen molar-refractivity contribution in [1.82, 2.24) is 14.9 Å². The molecule has 1 aromatic heterocycles. The third kappa shape index (κ3) is 5.93. The number of likely N-dealkylation sites (N-methyl/N-ethyl adjacent to an activating group) is 1. The third-order valence-corrected chi connectivity index (χ3v) is 7.04. The molecule has 0 aliphatic carbocycles. The maximum absolute atomic E-state index is 13.1. The lowest BCUT2D eigenvalue weighted by molar-refractivity contribution is 0.102. The number of carbonyl (C=O) groups excluding carboxylic acids is 1. The van der Waals surface area contributed by atoms with Crippen LogP contribution in [0.1, 0.15) is 34.1 Å². The first-order valence-electron chi connectivity index (χ1n) is 11.5. The lowest BCUT2D eigenvalue weighted by Gasteiger charge is -2.35. The molecule has 1 saturated heterocycles. The fourth-order valence-electron chi connectivity index (χ4n) is 3.92. The van der Waals surface area contributed by atoms with Gasteiger partial charge in [-0.15, -0.1) is 0 Å². The molecule has 1 N–H and O–H groups in total. The minimum atomic E-state index is -0.336. The maximum atomic E-state index is 13.1. The summed E-state index contributed by atoms with van der Waals surface area (Å²) in [6.07, 6.45) is 0. The van der Waals surface area contributed by atoms with Gasteiger partial charge in [0.05, 0.1) is 0 Å². The van der Waals surface area contributed by atoms with Gasteiger partial charge in [-0.1, -0.05) is 30.8 Å². The highest BCUT2D eigenvalue weighted by Crippen LogP contribution is 2.27. The zero-order valence-corrected chi connectivity index (χ0v) is 20.7. The van der Waals surface area contributed by atoms with Gasteiger partial charge in [0.1, 0.15) is 11.6 Å². The quantitative estimate of drug-likeness (QED) is 0.383. The van der Waals surface area contributed by atoms with Gasteiger partial charge in [-0.3, -0.25) is 4.79 Å². The Morgan fingerprint density at radius 2 is 1.79 bits per heavy atom. The molecule has 0 bridgehead atoms. The number of hydrogen-bond donors (Lipinski definition) is 1. The van der Waals surface area contributed by atoms with E-state index in [4.69, 9.17) is 9.97 Å². The molecule has 178 valence electrons. The molecule has 1 aliphatic rings. The molecule has 1 fully saturated rings. The fraction of sp³-hybridized carbons (Fsp3) is 0.346. The average Bonchev–Trinajstić information content (AvgIpc) is 2.86. The maximum Gasteiger partial charge on any atom is 0.255 e. The van der Waals surface area contributed by atoms with Gasteiger partial charge in [0.25, 0.3) is 5.91 Å². The second-order valence-electron chi connectivity index (χ2n) is 8.41. The van der Waals surface area contributed by atoms with Crippen LogP contribution in [0.5, 0.6) is 0 Å². The van der Waals surface area contributed by atoms with Crippen LogP contribution in [0.25, 0.3) is 0 Å². The van der Waals surface area contributed by atoms with Gasteiger partial charge in [0, 0.05) is 54.4 Å². The van der Waals surface area contributed by atoms with E-state index in [1.165, 1.54) is 12.1 Å². The van der Waals surface area contributed by atoms with Crippen molar-refractivity contribution in [2.24, 2.45) is 0 Å². The van der Waals surface area contributed by atoms with E-state index in [-0.39, 0.29) is 11.7 Å². The van der Waals surface area contributed by atoms with Crippen molar-refractivity contribution in [3.63, 3.8) is 0 Å². The summed E-state index contributed by atoms with van der Waals surface area (Å²) in [5.41, 5.74) is 4.25. The number of piperazine rings is 1. The molecular weight excluding hydrogens is 449 g/mol. The number of aromatic nitrogens is 2. The molecule has 0 radical (unpaired) electrons. The van der Waals surface area contributed by atoms with Gasteiger partial charge in [-0.2, -0.15) is 0 Å². The summed E-state index contributed by atoms with van der Waals surface area (Å²) in [4.78, 5) is 27.0. The first kappa shape index (κ1) is 24.2. The normalized spacial score (nSPS) is 14.3. The molecule has 3 aromatic rings. The van der Waals surface area contributed by atoms with E-state index < -0.39 is 0 Å². The van der Waals surface area contributed by atoms with Gasteiger partial charge in [0.15, 0.2) is 5.16 Å². The Kier molecular flexibility index (Phi) is 7.80. The van der Waals surface area contributed by atoms with Crippen LogP contribution in [-0.2, 0) is 5.75 Å². The highest BCUT2D eigenvalue weighted by molar-refractivity contribution is 7.98. The summed E-state index contributed by atoms with van der Waals surface area (Å²) in [5.74, 6) is 1.12. The van der Waals surface area contributed by atoms with E-state index >= 15 is 0 Å². The number of anilines is 2. The van der Waals surface area contributed by atoms with Crippen LogP contribution < -0.4 is 10.2 Å². The number of aryl methyl sites for hydroxylation is 1. The van der Waals surface area contributed by atoms with E-state index in [0.29, 0.717) is 17.0 Å². The second-order valence-corrected chi connectivity index (χ2v) is 9.35. The number of nitrogens with zero attached hydrogens (tertiary/aromatic N) is 4. The summed E-state index contributed by atoms with van der Waals surface area (Å²) in [6.45, 7) is 11.5. The largest absolute Gasteiger partial charge is 0.354 e. The van der Waals surface area contributed by atoms with E-state index in [0.717, 1.165) is 60.5 Å². The number of thioether (sulfide) groups is 1. The van der Waals surface area contributed by atoms with Crippen molar-refractivity contribution in [3.05, 3.63) is 76.7 Å². The molecule has 0 saturated carbocycles. The lowest BCUT2D eigenvalue weighted by Crippen LogP contribution is -2.46. The minimum Gasteiger partial charge on any atom is -0.354 e. The summed E-state index contributed by atoms with van der Waals surface area (Å²) < 4.78 is 13.1. The van der Waals surface area contributed by atoms with E-state index in [1.54, 1.807) is 30.0 Å². The smallest absolute Gasteiger partial charge is 0.255 e. The molecule has 0 atom stereocenters. The van der Waals surface area contributed by atoms with Crippen LogP contribution in [0, 0.1) is 19.7 Å². The number of benzene rings is 2. The van der Waals surface area contributed by atoms with E-state index in [1.807, 2.05) is 25.1 Å². The SMILES string of the molecule is CCN1CCN(c2nc(SCc3cccc(C(=O)Nc4ccc(F)cc4)c3)nc(C)c2C)CC1. The summed E-state index contributed by atoms with van der Waals surface area (Å²) in [6, 6.07) is 13.2. The predicted octanol–water partition coefficient (Wildman–Crippen LogP) is 4.92. The summed E-state index contributed by atoms with van der Waals surface area (Å²) in [5, 5.41) is 3.55. The van der Waals surface area contributed by atoms with Gasteiger partial charge < -0.3 is 15.1 Å². The Bertz CT molecular complexity index is 1150. The number of carbonyl (C=O) groups is 1. The van der Waals surface area contributed by atoms with Gasteiger partial charge in [0.2, 0.25) is 0 Å². The summed E-state index contributed by atoms with van der Waals surface area (Å²) in [7, 11) is 0. The van der Waals surface area contributed by atoms with Crippen molar-refractivity contribution in [2.45, 2.75) is 31.7 Å². The van der Waals surface area contributed by atoms with Crippen LogP contribution in [0.3, 0.4) is 0 Å².